The van der Waals surface area contributed by atoms with Gasteiger partial charge in [0.15, 0.2) is 6.10 Å². The Morgan fingerprint density at radius 1 is 0.968 bits per heavy atom. The number of unbranched alkanes of at least 4 members (excludes halogenated alkanes) is 5. The molecule has 1 aromatic carbocycles. The maximum absolute atomic E-state index is 12.4. The minimum atomic E-state index is -0.843. The molecule has 0 saturated heterocycles. The summed E-state index contributed by atoms with van der Waals surface area (Å²) in [6.45, 7) is 4.20. The number of carbonyl (C=O) groups is 2. The van der Waals surface area contributed by atoms with Crippen LogP contribution in [-0.4, -0.2) is 17.9 Å². The van der Waals surface area contributed by atoms with Crippen LogP contribution < -0.4 is 0 Å². The summed E-state index contributed by atoms with van der Waals surface area (Å²) in [5, 5.41) is 0. The zero-order valence-electron chi connectivity index (χ0n) is 19.5. The third-order valence-electron chi connectivity index (χ3n) is 6.67. The summed E-state index contributed by atoms with van der Waals surface area (Å²) in [6.07, 6.45) is 20.3. The van der Waals surface area contributed by atoms with Crippen molar-refractivity contribution in [1.82, 2.24) is 0 Å². The first-order chi connectivity index (χ1) is 15.1. The molecule has 0 N–H and O–H groups in total. The second-order valence-corrected chi connectivity index (χ2v) is 9.09. The van der Waals surface area contributed by atoms with Crippen LogP contribution in [0.5, 0.6) is 0 Å². The van der Waals surface area contributed by atoms with Crippen molar-refractivity contribution in [2.45, 2.75) is 109 Å². The topological polar surface area (TPSA) is 43.4 Å². The van der Waals surface area contributed by atoms with Crippen molar-refractivity contribution in [1.29, 1.82) is 0 Å². The van der Waals surface area contributed by atoms with Crippen molar-refractivity contribution < 1.29 is 14.3 Å². The number of Topliss-reactive ketones (excluding diaryl/α,β-unsaturated/α-hetero) is 1. The Labute approximate surface area is 189 Å². The summed E-state index contributed by atoms with van der Waals surface area (Å²) in [6, 6.07) is 7.74. The number of carbonyl (C=O) groups excluding carboxylic acids is 2. The first-order valence-electron chi connectivity index (χ1n) is 12.4. The molecule has 0 aliphatic heterocycles. The second kappa shape index (κ2) is 14.1. The Kier molecular flexibility index (Phi) is 11.4. The molecule has 0 aromatic heterocycles. The highest BCUT2D eigenvalue weighted by Crippen LogP contribution is 2.37. The van der Waals surface area contributed by atoms with Gasteiger partial charge in [-0.1, -0.05) is 77.3 Å². The van der Waals surface area contributed by atoms with Crippen LogP contribution in [0.4, 0.5) is 0 Å². The van der Waals surface area contributed by atoms with E-state index in [1.54, 1.807) is 0 Å². The van der Waals surface area contributed by atoms with Gasteiger partial charge >= 0.3 is 5.97 Å². The van der Waals surface area contributed by atoms with Gasteiger partial charge in [0.1, 0.15) is 0 Å². The minimum absolute atomic E-state index is 0.453. The van der Waals surface area contributed by atoms with E-state index in [0.29, 0.717) is 17.9 Å². The SMILES string of the molecule is C#CC(=O)C(CCC)OC(=O)c1ccc(C2CCC(CCCCCCCC)CC2)cc1. The number of ether oxygens (including phenoxy) is 1. The zero-order chi connectivity index (χ0) is 22.5. The fourth-order valence-electron chi connectivity index (χ4n) is 4.69. The van der Waals surface area contributed by atoms with Gasteiger partial charge in [0.05, 0.1) is 5.56 Å². The first kappa shape index (κ1) is 25.2. The molecule has 0 heterocycles. The molecule has 1 aliphatic rings. The van der Waals surface area contributed by atoms with E-state index < -0.39 is 17.9 Å². The highest BCUT2D eigenvalue weighted by Gasteiger charge is 2.24. The average Bonchev–Trinajstić information content (AvgIpc) is 2.81. The van der Waals surface area contributed by atoms with Gasteiger partial charge in [-0.15, -0.1) is 6.42 Å². The van der Waals surface area contributed by atoms with Crippen LogP contribution in [0.15, 0.2) is 24.3 Å². The number of hydrogen-bond acceptors (Lipinski definition) is 3. The standard InChI is InChI=1S/C28H40O3/c1-4-7-8-9-10-11-13-22-14-16-23(17-15-22)24-18-20-25(21-19-24)28(30)31-27(12-5-2)26(29)6-3/h3,18-23,27H,4-5,7-17H2,1-2H3. The molecular formula is C28H40O3. The molecule has 1 aromatic rings. The van der Waals surface area contributed by atoms with Crippen LogP contribution in [0.3, 0.4) is 0 Å². The number of terminal acetylenes is 1. The second-order valence-electron chi connectivity index (χ2n) is 9.09. The molecule has 0 bridgehead atoms. The summed E-state index contributed by atoms with van der Waals surface area (Å²) in [5.41, 5.74) is 1.78. The summed E-state index contributed by atoms with van der Waals surface area (Å²) in [7, 11) is 0. The highest BCUT2D eigenvalue weighted by molar-refractivity contribution is 6.00. The lowest BCUT2D eigenvalue weighted by atomic mass is 9.77. The van der Waals surface area contributed by atoms with Crippen LogP contribution in [-0.2, 0) is 9.53 Å². The molecule has 1 fully saturated rings. The van der Waals surface area contributed by atoms with Gasteiger partial charge in [0.25, 0.3) is 0 Å². The van der Waals surface area contributed by atoms with Gasteiger partial charge in [-0.05, 0) is 67.6 Å². The largest absolute Gasteiger partial charge is 0.450 e. The monoisotopic (exact) mass is 424 g/mol. The van der Waals surface area contributed by atoms with E-state index in [4.69, 9.17) is 11.2 Å². The minimum Gasteiger partial charge on any atom is -0.450 e. The lowest BCUT2D eigenvalue weighted by molar-refractivity contribution is -0.122. The Hall–Kier alpha value is -2.08. The van der Waals surface area contributed by atoms with E-state index in [2.05, 4.69) is 12.8 Å². The van der Waals surface area contributed by atoms with Crippen LogP contribution in [0.25, 0.3) is 0 Å². The first-order valence-corrected chi connectivity index (χ1v) is 12.4. The third kappa shape index (κ3) is 8.52. The number of ketones is 1. The van der Waals surface area contributed by atoms with E-state index in [1.165, 1.54) is 76.2 Å². The fourth-order valence-corrected chi connectivity index (χ4v) is 4.69. The van der Waals surface area contributed by atoms with E-state index in [-0.39, 0.29) is 0 Å². The molecule has 170 valence electrons. The maximum Gasteiger partial charge on any atom is 0.338 e. The van der Waals surface area contributed by atoms with Crippen LogP contribution in [0.1, 0.15) is 119 Å². The lowest BCUT2D eigenvalue weighted by Crippen LogP contribution is -2.26. The molecule has 2 rings (SSSR count). The van der Waals surface area contributed by atoms with Crippen molar-refractivity contribution in [2.75, 3.05) is 0 Å². The molecule has 31 heavy (non-hydrogen) atoms. The highest BCUT2D eigenvalue weighted by atomic mass is 16.5. The molecule has 0 spiro atoms. The van der Waals surface area contributed by atoms with Gasteiger partial charge in [-0.25, -0.2) is 4.79 Å². The van der Waals surface area contributed by atoms with Crippen molar-refractivity contribution in [3.63, 3.8) is 0 Å². The number of hydrogen-bond donors (Lipinski definition) is 0. The average molecular weight is 425 g/mol. The zero-order valence-corrected chi connectivity index (χ0v) is 19.5. The van der Waals surface area contributed by atoms with Crippen LogP contribution in [0, 0.1) is 18.3 Å². The van der Waals surface area contributed by atoms with Gasteiger partial charge in [-0.3, -0.25) is 4.79 Å². The Bertz CT molecular complexity index is 705. The van der Waals surface area contributed by atoms with Crippen LogP contribution >= 0.6 is 0 Å². The lowest BCUT2D eigenvalue weighted by Gasteiger charge is -2.29. The van der Waals surface area contributed by atoms with E-state index in [1.807, 2.05) is 31.2 Å². The van der Waals surface area contributed by atoms with Gasteiger partial charge in [0, 0.05) is 0 Å². The predicted molar refractivity (Wildman–Crippen MR) is 127 cm³/mol. The van der Waals surface area contributed by atoms with Crippen molar-refractivity contribution in [3.8, 4) is 12.3 Å². The smallest absolute Gasteiger partial charge is 0.338 e. The van der Waals surface area contributed by atoms with Crippen molar-refractivity contribution in [3.05, 3.63) is 35.4 Å². The summed E-state index contributed by atoms with van der Waals surface area (Å²) in [4.78, 5) is 24.2. The van der Waals surface area contributed by atoms with E-state index >= 15 is 0 Å². The summed E-state index contributed by atoms with van der Waals surface area (Å²) >= 11 is 0. The molecule has 1 atom stereocenters. The van der Waals surface area contributed by atoms with Gasteiger partial charge in [-0.2, -0.15) is 0 Å². The molecule has 1 unspecified atom stereocenters. The molecule has 3 nitrogen and oxygen atoms in total. The normalized spacial score (nSPS) is 19.4. The van der Waals surface area contributed by atoms with E-state index in [9.17, 15) is 9.59 Å². The Morgan fingerprint density at radius 2 is 1.61 bits per heavy atom. The van der Waals surface area contributed by atoms with Crippen molar-refractivity contribution in [2.24, 2.45) is 5.92 Å². The molecule has 0 amide bonds. The van der Waals surface area contributed by atoms with Crippen molar-refractivity contribution >= 4 is 11.8 Å². The quantitative estimate of drug-likeness (QED) is 0.145. The Morgan fingerprint density at radius 3 is 2.23 bits per heavy atom. The number of esters is 1. The maximum atomic E-state index is 12.4. The van der Waals surface area contributed by atoms with Crippen LogP contribution in [0.2, 0.25) is 0 Å². The number of rotatable bonds is 13. The van der Waals surface area contributed by atoms with E-state index in [0.717, 1.165) is 12.3 Å². The molecule has 1 saturated carbocycles. The predicted octanol–water partition coefficient (Wildman–Crippen LogP) is 7.24. The molecule has 0 radical (unpaired) electrons. The Balaban J connectivity index is 1.77. The summed E-state index contributed by atoms with van der Waals surface area (Å²) < 4.78 is 5.37. The van der Waals surface area contributed by atoms with Gasteiger partial charge < -0.3 is 4.74 Å². The third-order valence-corrected chi connectivity index (χ3v) is 6.67. The molecule has 3 heteroatoms. The summed E-state index contributed by atoms with van der Waals surface area (Å²) in [5.74, 6) is 2.60. The molecular weight excluding hydrogens is 384 g/mol. The van der Waals surface area contributed by atoms with Gasteiger partial charge in [0.2, 0.25) is 5.78 Å². The molecule has 1 aliphatic carbocycles. The fraction of sp³-hybridized carbons (Fsp3) is 0.643. The number of benzene rings is 1.